The lowest BCUT2D eigenvalue weighted by Gasteiger charge is -2.06. The van der Waals surface area contributed by atoms with Gasteiger partial charge in [-0.25, -0.2) is 8.42 Å². The van der Waals surface area contributed by atoms with E-state index in [9.17, 15) is 8.42 Å². The van der Waals surface area contributed by atoms with E-state index in [0.29, 0.717) is 17.7 Å². The highest BCUT2D eigenvalue weighted by Crippen LogP contribution is 2.11. The molecule has 5 heteroatoms. The fourth-order valence-corrected chi connectivity index (χ4v) is 2.44. The summed E-state index contributed by atoms with van der Waals surface area (Å²) in [5.74, 6) is 0.128. The van der Waals surface area contributed by atoms with Crippen LogP contribution in [0.1, 0.15) is 25.3 Å². The molecule has 4 nitrogen and oxygen atoms in total. The van der Waals surface area contributed by atoms with Crippen LogP contribution in [0.25, 0.3) is 0 Å². The summed E-state index contributed by atoms with van der Waals surface area (Å²) in [7, 11) is -3.25. The number of nitriles is 1. The Kier molecular flexibility index (Phi) is 4.32. The van der Waals surface area contributed by atoms with Gasteiger partial charge in [-0.15, -0.1) is 0 Å². The summed E-state index contributed by atoms with van der Waals surface area (Å²) in [6, 6.07) is 8.31. The highest BCUT2D eigenvalue weighted by molar-refractivity contribution is 7.92. The average Bonchev–Trinajstić information content (AvgIpc) is 2.27. The molecule has 0 aliphatic rings. The van der Waals surface area contributed by atoms with Crippen molar-refractivity contribution in [2.45, 2.75) is 19.8 Å². The van der Waals surface area contributed by atoms with Gasteiger partial charge in [-0.1, -0.05) is 13.3 Å². The number of rotatable bonds is 5. The molecule has 0 radical (unpaired) electrons. The van der Waals surface area contributed by atoms with Crippen molar-refractivity contribution in [2.75, 3.05) is 10.5 Å². The van der Waals surface area contributed by atoms with Crippen molar-refractivity contribution in [3.05, 3.63) is 29.8 Å². The van der Waals surface area contributed by atoms with E-state index in [1.807, 2.05) is 13.0 Å². The van der Waals surface area contributed by atoms with Crippen LogP contribution in [0.15, 0.2) is 24.3 Å². The molecule has 1 aromatic carbocycles. The van der Waals surface area contributed by atoms with E-state index < -0.39 is 10.0 Å². The van der Waals surface area contributed by atoms with Crippen molar-refractivity contribution < 1.29 is 8.42 Å². The summed E-state index contributed by atoms with van der Waals surface area (Å²) in [5.41, 5.74) is 1.01. The summed E-state index contributed by atoms with van der Waals surface area (Å²) in [5, 5.41) is 8.59. The second-order valence-corrected chi connectivity index (χ2v) is 5.31. The maximum absolute atomic E-state index is 11.5. The maximum atomic E-state index is 11.5. The molecule has 0 aromatic heterocycles. The lowest BCUT2D eigenvalue weighted by atomic mass is 10.2. The molecule has 0 amide bonds. The Morgan fingerprint density at radius 2 is 1.94 bits per heavy atom. The van der Waals surface area contributed by atoms with Crippen LogP contribution in [0.4, 0.5) is 5.69 Å². The van der Waals surface area contributed by atoms with E-state index in [1.54, 1.807) is 24.3 Å². The first-order valence-electron chi connectivity index (χ1n) is 5.08. The predicted octanol–water partition coefficient (Wildman–Crippen LogP) is 2.10. The summed E-state index contributed by atoms with van der Waals surface area (Å²) in [6.07, 6.45) is 1.49. The number of nitrogens with zero attached hydrogens (tertiary/aromatic N) is 1. The van der Waals surface area contributed by atoms with Crippen molar-refractivity contribution >= 4 is 15.7 Å². The number of hydrogen-bond acceptors (Lipinski definition) is 3. The molecule has 0 bridgehead atoms. The SMILES string of the molecule is CCCCS(=O)(=O)Nc1ccc(C#N)cc1. The number of anilines is 1. The molecular weight excluding hydrogens is 224 g/mol. The fraction of sp³-hybridized carbons (Fsp3) is 0.364. The van der Waals surface area contributed by atoms with Crippen molar-refractivity contribution in [3.63, 3.8) is 0 Å². The Hall–Kier alpha value is -1.54. The number of hydrogen-bond donors (Lipinski definition) is 1. The number of unbranched alkanes of at least 4 members (excludes halogenated alkanes) is 1. The van der Waals surface area contributed by atoms with Crippen LogP contribution in [-0.4, -0.2) is 14.2 Å². The molecule has 86 valence electrons. The smallest absolute Gasteiger partial charge is 0.232 e. The van der Waals surface area contributed by atoms with Crippen LogP contribution in [0, 0.1) is 11.3 Å². The maximum Gasteiger partial charge on any atom is 0.232 e. The third-order valence-electron chi connectivity index (χ3n) is 2.05. The molecule has 0 aliphatic heterocycles. The van der Waals surface area contributed by atoms with Crippen molar-refractivity contribution in [1.82, 2.24) is 0 Å². The standard InChI is InChI=1S/C11H14N2O2S/c1-2-3-8-16(14,15)13-11-6-4-10(9-12)5-7-11/h4-7,13H,2-3,8H2,1H3. The zero-order valence-electron chi connectivity index (χ0n) is 9.10. The van der Waals surface area contributed by atoms with Gasteiger partial charge in [-0.2, -0.15) is 5.26 Å². The summed E-state index contributed by atoms with van der Waals surface area (Å²) in [4.78, 5) is 0. The molecule has 0 saturated carbocycles. The summed E-state index contributed by atoms with van der Waals surface area (Å²) in [6.45, 7) is 1.94. The molecule has 0 saturated heterocycles. The first-order valence-corrected chi connectivity index (χ1v) is 6.73. The number of sulfonamides is 1. The summed E-state index contributed by atoms with van der Waals surface area (Å²) >= 11 is 0. The zero-order valence-corrected chi connectivity index (χ0v) is 9.92. The Morgan fingerprint density at radius 1 is 1.31 bits per heavy atom. The van der Waals surface area contributed by atoms with E-state index in [-0.39, 0.29) is 5.75 Å². The van der Waals surface area contributed by atoms with Gasteiger partial charge in [0.2, 0.25) is 10.0 Å². The van der Waals surface area contributed by atoms with E-state index in [2.05, 4.69) is 4.72 Å². The normalized spacial score (nSPS) is 10.8. The van der Waals surface area contributed by atoms with Crippen LogP contribution < -0.4 is 4.72 Å². The predicted molar refractivity (Wildman–Crippen MR) is 63.5 cm³/mol. The second kappa shape index (κ2) is 5.52. The molecule has 0 fully saturated rings. The Morgan fingerprint density at radius 3 is 2.44 bits per heavy atom. The van der Waals surface area contributed by atoms with Crippen LogP contribution in [-0.2, 0) is 10.0 Å². The third-order valence-corrected chi connectivity index (χ3v) is 3.43. The van der Waals surface area contributed by atoms with Gasteiger partial charge in [0.15, 0.2) is 0 Å². The second-order valence-electron chi connectivity index (χ2n) is 3.46. The van der Waals surface area contributed by atoms with Crippen molar-refractivity contribution in [2.24, 2.45) is 0 Å². The number of benzene rings is 1. The summed E-state index contributed by atoms with van der Waals surface area (Å²) < 4.78 is 25.5. The van der Waals surface area contributed by atoms with Gasteiger partial charge in [0.1, 0.15) is 0 Å². The molecule has 0 spiro atoms. The van der Waals surface area contributed by atoms with E-state index in [4.69, 9.17) is 5.26 Å². The van der Waals surface area contributed by atoms with Gasteiger partial charge in [0.25, 0.3) is 0 Å². The third kappa shape index (κ3) is 3.91. The van der Waals surface area contributed by atoms with Gasteiger partial charge in [-0.05, 0) is 30.7 Å². The van der Waals surface area contributed by atoms with Crippen LogP contribution >= 0.6 is 0 Å². The molecule has 0 aliphatic carbocycles. The van der Waals surface area contributed by atoms with Gasteiger partial charge in [-0.3, -0.25) is 4.72 Å². The highest BCUT2D eigenvalue weighted by atomic mass is 32.2. The molecule has 1 rings (SSSR count). The van der Waals surface area contributed by atoms with Crippen LogP contribution in [0.5, 0.6) is 0 Å². The topological polar surface area (TPSA) is 70.0 Å². The first-order chi connectivity index (χ1) is 7.57. The van der Waals surface area contributed by atoms with E-state index >= 15 is 0 Å². The van der Waals surface area contributed by atoms with Gasteiger partial charge in [0, 0.05) is 5.69 Å². The Bertz CT molecular complexity index is 472. The Balaban J connectivity index is 2.70. The van der Waals surface area contributed by atoms with Gasteiger partial charge in [0.05, 0.1) is 17.4 Å². The van der Waals surface area contributed by atoms with E-state index in [1.165, 1.54) is 0 Å². The largest absolute Gasteiger partial charge is 0.284 e. The van der Waals surface area contributed by atoms with Crippen molar-refractivity contribution in [3.8, 4) is 6.07 Å². The Labute approximate surface area is 96.0 Å². The monoisotopic (exact) mass is 238 g/mol. The lowest BCUT2D eigenvalue weighted by Crippen LogP contribution is -2.16. The molecular formula is C11H14N2O2S. The van der Waals surface area contributed by atoms with Crippen LogP contribution in [0.2, 0.25) is 0 Å². The van der Waals surface area contributed by atoms with E-state index in [0.717, 1.165) is 6.42 Å². The molecule has 1 aromatic rings. The van der Waals surface area contributed by atoms with Crippen molar-refractivity contribution in [1.29, 1.82) is 5.26 Å². The zero-order chi connectivity index (χ0) is 12.0. The van der Waals surface area contributed by atoms with Crippen LogP contribution in [0.3, 0.4) is 0 Å². The minimum Gasteiger partial charge on any atom is -0.284 e. The quantitative estimate of drug-likeness (QED) is 0.854. The number of nitrogens with one attached hydrogen (secondary N) is 1. The average molecular weight is 238 g/mol. The fourth-order valence-electron chi connectivity index (χ4n) is 1.18. The minimum absolute atomic E-state index is 0.128. The molecule has 0 unspecified atom stereocenters. The molecule has 0 heterocycles. The molecule has 1 N–H and O–H groups in total. The first kappa shape index (κ1) is 12.5. The van der Waals surface area contributed by atoms with Gasteiger partial charge < -0.3 is 0 Å². The molecule has 16 heavy (non-hydrogen) atoms. The minimum atomic E-state index is -3.25. The molecule has 0 atom stereocenters. The highest BCUT2D eigenvalue weighted by Gasteiger charge is 2.08. The lowest BCUT2D eigenvalue weighted by molar-refractivity contribution is 0.598. The van der Waals surface area contributed by atoms with Gasteiger partial charge >= 0.3 is 0 Å².